The molecule has 0 aliphatic carbocycles. The number of nitrogens with zero attached hydrogens (tertiary/aromatic N) is 2. The Hall–Kier alpha value is -2.10. The van der Waals surface area contributed by atoms with Crippen LogP contribution in [-0.2, 0) is 9.59 Å². The van der Waals surface area contributed by atoms with Crippen LogP contribution < -0.4 is 4.90 Å². The van der Waals surface area contributed by atoms with Gasteiger partial charge < -0.3 is 4.90 Å². The third-order valence-electron chi connectivity index (χ3n) is 2.97. The molecule has 0 atom stereocenters. The lowest BCUT2D eigenvalue weighted by Crippen LogP contribution is -2.33. The molecular weight excluding hydrogens is 228 g/mol. The monoisotopic (exact) mass is 244 g/mol. The molecule has 0 radical (unpaired) electrons. The minimum atomic E-state index is -0.206. The van der Waals surface area contributed by atoms with E-state index >= 15 is 0 Å². The molecule has 1 heterocycles. The molecule has 0 spiro atoms. The Balaban J connectivity index is 1.79. The summed E-state index contributed by atoms with van der Waals surface area (Å²) in [5.41, 5.74) is 1.13. The molecule has 0 saturated heterocycles. The number of benzene rings is 1. The molecule has 1 aliphatic heterocycles. The third kappa shape index (κ3) is 2.77. The maximum atomic E-state index is 11.3. The van der Waals surface area contributed by atoms with E-state index in [1.54, 1.807) is 0 Å². The Kier molecular flexibility index (Phi) is 3.77. The highest BCUT2D eigenvalue weighted by Gasteiger charge is 2.22. The first-order valence-electron chi connectivity index (χ1n) is 5.98. The van der Waals surface area contributed by atoms with E-state index in [0.29, 0.717) is 6.54 Å². The van der Waals surface area contributed by atoms with E-state index in [1.807, 2.05) is 37.4 Å². The molecule has 0 bridgehead atoms. The van der Waals surface area contributed by atoms with Crippen LogP contribution in [0.25, 0.3) is 0 Å². The van der Waals surface area contributed by atoms with Crippen molar-refractivity contribution in [1.29, 1.82) is 0 Å². The van der Waals surface area contributed by atoms with Gasteiger partial charge >= 0.3 is 0 Å². The van der Waals surface area contributed by atoms with Crippen LogP contribution >= 0.6 is 0 Å². The van der Waals surface area contributed by atoms with Gasteiger partial charge in [0.2, 0.25) is 0 Å². The summed E-state index contributed by atoms with van der Waals surface area (Å²) in [6, 6.07) is 10.0. The Morgan fingerprint density at radius 3 is 2.28 bits per heavy atom. The molecule has 1 aromatic carbocycles. The van der Waals surface area contributed by atoms with Gasteiger partial charge in [0.05, 0.1) is 0 Å². The number of carbonyl (C=O) groups is 2. The number of hydrogen-bond donors (Lipinski definition) is 0. The number of rotatable bonds is 5. The second kappa shape index (κ2) is 5.49. The van der Waals surface area contributed by atoms with E-state index in [-0.39, 0.29) is 11.8 Å². The van der Waals surface area contributed by atoms with Crippen LogP contribution in [0.4, 0.5) is 5.69 Å². The summed E-state index contributed by atoms with van der Waals surface area (Å²) in [6.07, 6.45) is 3.41. The van der Waals surface area contributed by atoms with E-state index in [9.17, 15) is 9.59 Å². The molecule has 0 aromatic heterocycles. The van der Waals surface area contributed by atoms with E-state index < -0.39 is 0 Å². The first-order valence-corrected chi connectivity index (χ1v) is 5.98. The van der Waals surface area contributed by atoms with Gasteiger partial charge in [-0.15, -0.1) is 0 Å². The first kappa shape index (κ1) is 12.4. The summed E-state index contributed by atoms with van der Waals surface area (Å²) in [7, 11) is 2.00. The molecule has 0 unspecified atom stereocenters. The van der Waals surface area contributed by atoms with Crippen molar-refractivity contribution in [1.82, 2.24) is 4.90 Å². The summed E-state index contributed by atoms with van der Waals surface area (Å²) < 4.78 is 0. The van der Waals surface area contributed by atoms with E-state index in [4.69, 9.17) is 0 Å². The van der Waals surface area contributed by atoms with Gasteiger partial charge in [-0.1, -0.05) is 18.2 Å². The number of para-hydroxylation sites is 1. The molecule has 1 aliphatic rings. The number of anilines is 1. The second-order valence-corrected chi connectivity index (χ2v) is 4.27. The summed E-state index contributed by atoms with van der Waals surface area (Å²) in [6.45, 7) is 1.28. The standard InChI is InChI=1S/C14H16N2O2/c1-15(12-6-3-2-4-7-12)10-5-11-16-13(17)8-9-14(16)18/h2-4,6-9H,5,10-11H2,1H3. The van der Waals surface area contributed by atoms with Gasteiger partial charge in [0.1, 0.15) is 0 Å². The zero-order chi connectivity index (χ0) is 13.0. The van der Waals surface area contributed by atoms with Crippen molar-refractivity contribution in [3.8, 4) is 0 Å². The van der Waals surface area contributed by atoms with Crippen molar-refractivity contribution in [2.75, 3.05) is 25.0 Å². The fraction of sp³-hybridized carbons (Fsp3) is 0.286. The van der Waals surface area contributed by atoms with Crippen LogP contribution in [0.15, 0.2) is 42.5 Å². The average Bonchev–Trinajstić information content (AvgIpc) is 2.71. The van der Waals surface area contributed by atoms with Crippen LogP contribution in [0.2, 0.25) is 0 Å². The van der Waals surface area contributed by atoms with Crippen LogP contribution in [0.5, 0.6) is 0 Å². The summed E-state index contributed by atoms with van der Waals surface area (Å²) in [4.78, 5) is 26.1. The Morgan fingerprint density at radius 2 is 1.67 bits per heavy atom. The van der Waals surface area contributed by atoms with Crippen molar-refractivity contribution < 1.29 is 9.59 Å². The molecule has 1 aromatic rings. The van der Waals surface area contributed by atoms with Gasteiger partial charge in [0.25, 0.3) is 11.8 Å². The molecule has 4 heteroatoms. The van der Waals surface area contributed by atoms with Crippen molar-refractivity contribution in [3.05, 3.63) is 42.5 Å². The average molecular weight is 244 g/mol. The fourth-order valence-electron chi connectivity index (χ4n) is 1.93. The topological polar surface area (TPSA) is 40.6 Å². The van der Waals surface area contributed by atoms with Gasteiger partial charge in [-0.05, 0) is 18.6 Å². The normalized spacial score (nSPS) is 14.4. The van der Waals surface area contributed by atoms with Crippen LogP contribution in [-0.4, -0.2) is 36.9 Å². The minimum Gasteiger partial charge on any atom is -0.375 e. The summed E-state index contributed by atoms with van der Waals surface area (Å²) in [5, 5.41) is 0. The van der Waals surface area contributed by atoms with Gasteiger partial charge in [-0.2, -0.15) is 0 Å². The van der Waals surface area contributed by atoms with Crippen molar-refractivity contribution >= 4 is 17.5 Å². The molecular formula is C14H16N2O2. The summed E-state index contributed by atoms with van der Waals surface area (Å²) >= 11 is 0. The number of carbonyl (C=O) groups excluding carboxylic acids is 2. The largest absolute Gasteiger partial charge is 0.375 e. The van der Waals surface area contributed by atoms with Crippen LogP contribution in [0, 0.1) is 0 Å². The van der Waals surface area contributed by atoms with Gasteiger partial charge in [-0.25, -0.2) is 0 Å². The quantitative estimate of drug-likeness (QED) is 0.736. The molecule has 18 heavy (non-hydrogen) atoms. The molecule has 2 rings (SSSR count). The van der Waals surface area contributed by atoms with Crippen LogP contribution in [0.3, 0.4) is 0 Å². The molecule has 4 nitrogen and oxygen atoms in total. The SMILES string of the molecule is CN(CCCN1C(=O)C=CC1=O)c1ccccc1. The molecule has 0 N–H and O–H groups in total. The molecule has 94 valence electrons. The maximum absolute atomic E-state index is 11.3. The number of imide groups is 1. The summed E-state index contributed by atoms with van der Waals surface area (Å²) in [5.74, 6) is -0.412. The lowest BCUT2D eigenvalue weighted by Gasteiger charge is -2.21. The highest BCUT2D eigenvalue weighted by Crippen LogP contribution is 2.11. The molecule has 0 fully saturated rings. The predicted molar refractivity (Wildman–Crippen MR) is 70.2 cm³/mol. The van der Waals surface area contributed by atoms with E-state index in [2.05, 4.69) is 4.90 Å². The molecule has 2 amide bonds. The van der Waals surface area contributed by atoms with Gasteiger partial charge in [-0.3, -0.25) is 14.5 Å². The Morgan fingerprint density at radius 1 is 1.06 bits per heavy atom. The van der Waals surface area contributed by atoms with Crippen molar-refractivity contribution in [2.45, 2.75) is 6.42 Å². The van der Waals surface area contributed by atoms with E-state index in [0.717, 1.165) is 18.7 Å². The minimum absolute atomic E-state index is 0.206. The zero-order valence-corrected chi connectivity index (χ0v) is 10.4. The number of hydrogen-bond acceptors (Lipinski definition) is 3. The lowest BCUT2D eigenvalue weighted by molar-refractivity contribution is -0.136. The lowest BCUT2D eigenvalue weighted by atomic mass is 10.3. The second-order valence-electron chi connectivity index (χ2n) is 4.27. The van der Waals surface area contributed by atoms with Gasteiger partial charge in [0, 0.05) is 38.0 Å². The molecule has 0 saturated carbocycles. The highest BCUT2D eigenvalue weighted by molar-refractivity contribution is 6.12. The van der Waals surface area contributed by atoms with E-state index in [1.165, 1.54) is 17.1 Å². The number of amides is 2. The van der Waals surface area contributed by atoms with Crippen molar-refractivity contribution in [3.63, 3.8) is 0 Å². The predicted octanol–water partition coefficient (Wildman–Crippen LogP) is 1.44. The maximum Gasteiger partial charge on any atom is 0.253 e. The first-order chi connectivity index (χ1) is 8.68. The van der Waals surface area contributed by atoms with Gasteiger partial charge in [0.15, 0.2) is 0 Å². The smallest absolute Gasteiger partial charge is 0.253 e. The highest BCUT2D eigenvalue weighted by atomic mass is 16.2. The zero-order valence-electron chi connectivity index (χ0n) is 10.4. The van der Waals surface area contributed by atoms with Crippen molar-refractivity contribution in [2.24, 2.45) is 0 Å². The third-order valence-corrected chi connectivity index (χ3v) is 2.97. The Bertz CT molecular complexity index is 450. The van der Waals surface area contributed by atoms with Crippen LogP contribution in [0.1, 0.15) is 6.42 Å². The fourth-order valence-corrected chi connectivity index (χ4v) is 1.93. The Labute approximate surface area is 106 Å².